The van der Waals surface area contributed by atoms with Crippen LogP contribution < -0.4 is 20.9 Å². The summed E-state index contributed by atoms with van der Waals surface area (Å²) in [6.45, 7) is 0. The average molecular weight is 408 g/mol. The molecule has 9 heteroatoms. The number of carbonyl (C=O) groups excluding carboxylic acids is 3. The summed E-state index contributed by atoms with van der Waals surface area (Å²) in [6.07, 6.45) is 0. The Morgan fingerprint density at radius 2 is 1.70 bits per heavy atom. The van der Waals surface area contributed by atoms with Gasteiger partial charge in [-0.25, -0.2) is 0 Å². The average Bonchev–Trinajstić information content (AvgIpc) is 2.66. The molecule has 27 heavy (non-hydrogen) atoms. The molecule has 0 aliphatic rings. The minimum atomic E-state index is -0.479. The Morgan fingerprint density at radius 1 is 1.00 bits per heavy atom. The van der Waals surface area contributed by atoms with Gasteiger partial charge in [-0.1, -0.05) is 17.7 Å². The number of halogens is 1. The Bertz CT molecular complexity index is 815. The standard InChI is InChI=1S/C18H18ClN3O4S/c1-26-15-7-5-14(6-8-15)20-16(23)10-27-11-17(24)21-22-18(25)12-3-2-4-13(19)9-12/h2-9H,10-11H2,1H3,(H,20,23)(H,21,24)(H,22,25). The number of anilines is 1. The molecule has 0 saturated heterocycles. The Labute approximate surface area is 165 Å². The highest BCUT2D eigenvalue weighted by Gasteiger charge is 2.09. The summed E-state index contributed by atoms with van der Waals surface area (Å²) in [5.74, 6) is -0.325. The Hall–Kier alpha value is -2.71. The molecule has 0 aliphatic heterocycles. The fourth-order valence-corrected chi connectivity index (χ4v) is 2.78. The molecule has 0 heterocycles. The van der Waals surface area contributed by atoms with Crippen LogP contribution in [-0.2, 0) is 9.59 Å². The second-order valence-corrected chi connectivity index (χ2v) is 6.70. The number of hydrazine groups is 1. The van der Waals surface area contributed by atoms with Gasteiger partial charge in [0.15, 0.2) is 0 Å². The third-order valence-corrected chi connectivity index (χ3v) is 4.41. The molecule has 2 rings (SSSR count). The second kappa shape index (κ2) is 10.4. The molecule has 0 unspecified atom stereocenters. The Morgan fingerprint density at radius 3 is 2.37 bits per heavy atom. The van der Waals surface area contributed by atoms with Crippen LogP contribution in [0.25, 0.3) is 0 Å². The molecule has 3 amide bonds. The van der Waals surface area contributed by atoms with Crippen LogP contribution in [0.5, 0.6) is 5.75 Å². The molecule has 0 bridgehead atoms. The number of hydrogen-bond acceptors (Lipinski definition) is 5. The van der Waals surface area contributed by atoms with Crippen molar-refractivity contribution in [3.05, 3.63) is 59.1 Å². The lowest BCUT2D eigenvalue weighted by Crippen LogP contribution is -2.42. The summed E-state index contributed by atoms with van der Waals surface area (Å²) in [4.78, 5) is 35.5. The third-order valence-electron chi connectivity index (χ3n) is 3.24. The number of nitrogens with one attached hydrogen (secondary N) is 3. The van der Waals surface area contributed by atoms with E-state index in [-0.39, 0.29) is 17.4 Å². The van der Waals surface area contributed by atoms with Crippen molar-refractivity contribution in [3.63, 3.8) is 0 Å². The van der Waals surface area contributed by atoms with Gasteiger partial charge in [-0.05, 0) is 42.5 Å². The van der Waals surface area contributed by atoms with Gasteiger partial charge in [0.2, 0.25) is 11.8 Å². The molecule has 0 spiro atoms. The first-order chi connectivity index (χ1) is 13.0. The lowest BCUT2D eigenvalue weighted by molar-refractivity contribution is -0.119. The van der Waals surface area contributed by atoms with Gasteiger partial charge in [0.05, 0.1) is 18.6 Å². The van der Waals surface area contributed by atoms with Crippen molar-refractivity contribution in [2.45, 2.75) is 0 Å². The molecule has 2 aromatic rings. The van der Waals surface area contributed by atoms with Crippen molar-refractivity contribution in [2.75, 3.05) is 23.9 Å². The highest BCUT2D eigenvalue weighted by Crippen LogP contribution is 2.15. The predicted octanol–water partition coefficient (Wildman–Crippen LogP) is 2.48. The van der Waals surface area contributed by atoms with E-state index in [0.29, 0.717) is 22.0 Å². The first-order valence-corrected chi connectivity index (χ1v) is 9.37. The van der Waals surface area contributed by atoms with Crippen LogP contribution in [0.1, 0.15) is 10.4 Å². The molecule has 0 radical (unpaired) electrons. The summed E-state index contributed by atoms with van der Waals surface area (Å²) in [5.41, 5.74) is 5.55. The molecule has 7 nitrogen and oxygen atoms in total. The molecular weight excluding hydrogens is 390 g/mol. The fourth-order valence-electron chi connectivity index (χ4n) is 1.97. The van der Waals surface area contributed by atoms with Crippen LogP contribution in [0, 0.1) is 0 Å². The normalized spacial score (nSPS) is 10.0. The maximum Gasteiger partial charge on any atom is 0.269 e. The lowest BCUT2D eigenvalue weighted by atomic mass is 10.2. The molecule has 0 aromatic heterocycles. The number of amides is 3. The zero-order valence-electron chi connectivity index (χ0n) is 14.5. The van der Waals surface area contributed by atoms with E-state index in [0.717, 1.165) is 11.8 Å². The quantitative estimate of drug-likeness (QED) is 0.613. The van der Waals surface area contributed by atoms with E-state index < -0.39 is 11.8 Å². The monoisotopic (exact) mass is 407 g/mol. The summed E-state index contributed by atoms with van der Waals surface area (Å²) in [7, 11) is 1.56. The number of ether oxygens (including phenoxy) is 1. The van der Waals surface area contributed by atoms with Crippen molar-refractivity contribution < 1.29 is 19.1 Å². The lowest BCUT2D eigenvalue weighted by Gasteiger charge is -2.08. The van der Waals surface area contributed by atoms with Gasteiger partial charge in [0.1, 0.15) is 5.75 Å². The molecule has 3 N–H and O–H groups in total. The first kappa shape index (κ1) is 20.6. The minimum absolute atomic E-state index is 0.0197. The SMILES string of the molecule is COc1ccc(NC(=O)CSCC(=O)NNC(=O)c2cccc(Cl)c2)cc1. The highest BCUT2D eigenvalue weighted by molar-refractivity contribution is 8.00. The third kappa shape index (κ3) is 7.20. The van der Waals surface area contributed by atoms with Crippen molar-refractivity contribution in [1.82, 2.24) is 10.9 Å². The summed E-state index contributed by atoms with van der Waals surface area (Å²) in [5, 5.41) is 3.14. The molecule has 0 saturated carbocycles. The molecule has 142 valence electrons. The van der Waals surface area contributed by atoms with Crippen molar-refractivity contribution in [3.8, 4) is 5.75 Å². The minimum Gasteiger partial charge on any atom is -0.497 e. The van der Waals surface area contributed by atoms with E-state index >= 15 is 0 Å². The van der Waals surface area contributed by atoms with Gasteiger partial charge in [-0.3, -0.25) is 25.2 Å². The number of carbonyl (C=O) groups is 3. The molecule has 2 aromatic carbocycles. The number of hydrogen-bond donors (Lipinski definition) is 3. The molecular formula is C18H18ClN3O4S. The van der Waals surface area contributed by atoms with Crippen LogP contribution >= 0.6 is 23.4 Å². The van der Waals surface area contributed by atoms with Crippen molar-refractivity contribution >= 4 is 46.8 Å². The molecule has 0 aliphatic carbocycles. The van der Waals surface area contributed by atoms with E-state index in [4.69, 9.17) is 16.3 Å². The van der Waals surface area contributed by atoms with Gasteiger partial charge in [-0.2, -0.15) is 0 Å². The van der Waals surface area contributed by atoms with Crippen LogP contribution in [0.15, 0.2) is 48.5 Å². The summed E-state index contributed by atoms with van der Waals surface area (Å²) in [6, 6.07) is 13.3. The maximum atomic E-state index is 11.9. The van der Waals surface area contributed by atoms with Crippen molar-refractivity contribution in [2.24, 2.45) is 0 Å². The van der Waals surface area contributed by atoms with Gasteiger partial charge in [-0.15, -0.1) is 11.8 Å². The predicted molar refractivity (Wildman–Crippen MR) is 106 cm³/mol. The van der Waals surface area contributed by atoms with E-state index in [1.807, 2.05) is 0 Å². The summed E-state index contributed by atoms with van der Waals surface area (Å²) < 4.78 is 5.04. The number of benzene rings is 2. The molecule has 0 atom stereocenters. The van der Waals surface area contributed by atoms with Crippen LogP contribution in [-0.4, -0.2) is 36.3 Å². The Kier molecular flexibility index (Phi) is 7.97. The highest BCUT2D eigenvalue weighted by atomic mass is 35.5. The number of methoxy groups -OCH3 is 1. The van der Waals surface area contributed by atoms with E-state index in [1.54, 1.807) is 49.6 Å². The van der Waals surface area contributed by atoms with E-state index in [9.17, 15) is 14.4 Å². The van der Waals surface area contributed by atoms with Gasteiger partial charge in [0.25, 0.3) is 5.91 Å². The zero-order valence-corrected chi connectivity index (χ0v) is 16.0. The second-order valence-electron chi connectivity index (χ2n) is 5.28. The topological polar surface area (TPSA) is 96.5 Å². The Balaban J connectivity index is 1.66. The summed E-state index contributed by atoms with van der Waals surface area (Å²) >= 11 is 6.93. The number of rotatable bonds is 7. The van der Waals surface area contributed by atoms with Crippen molar-refractivity contribution in [1.29, 1.82) is 0 Å². The van der Waals surface area contributed by atoms with Crippen LogP contribution in [0.4, 0.5) is 5.69 Å². The zero-order chi connectivity index (χ0) is 19.6. The van der Waals surface area contributed by atoms with Gasteiger partial charge in [0, 0.05) is 16.3 Å². The van der Waals surface area contributed by atoms with Crippen LogP contribution in [0.2, 0.25) is 5.02 Å². The van der Waals surface area contributed by atoms with Gasteiger partial charge < -0.3 is 10.1 Å². The number of thioether (sulfide) groups is 1. The smallest absolute Gasteiger partial charge is 0.269 e. The van der Waals surface area contributed by atoms with Gasteiger partial charge >= 0.3 is 0 Å². The van der Waals surface area contributed by atoms with E-state index in [1.165, 1.54) is 6.07 Å². The maximum absolute atomic E-state index is 11.9. The fraction of sp³-hybridized carbons (Fsp3) is 0.167. The van der Waals surface area contributed by atoms with Crippen LogP contribution in [0.3, 0.4) is 0 Å². The van der Waals surface area contributed by atoms with E-state index in [2.05, 4.69) is 16.2 Å². The largest absolute Gasteiger partial charge is 0.497 e. The first-order valence-electron chi connectivity index (χ1n) is 7.84. The molecule has 0 fully saturated rings.